The number of thioether (sulfide) groups is 1. The van der Waals surface area contributed by atoms with Gasteiger partial charge in [0.05, 0.1) is 0 Å². The molecule has 4 aromatic carbocycles. The van der Waals surface area contributed by atoms with Crippen LogP contribution in [0.25, 0.3) is 0 Å². The van der Waals surface area contributed by atoms with Gasteiger partial charge in [-0.2, -0.15) is 0 Å². The zero-order valence-corrected chi connectivity index (χ0v) is 30.4. The van der Waals surface area contributed by atoms with E-state index < -0.39 is 40.7 Å². The standard InChI is InChI=1S/C40H33N5O7S2/c1-25(46)51-22-26-23-53-37-33(36(48)45(37)34(26)38(49)50)42-35(47)32(44-52-30-20-12-5-13-21-30)31-24-54-39(41-31)43-40(27-14-6-2-7-15-27,28-16-8-3-9-17-28)29-18-10-4-11-19-29/h2-21,24,33,37H,22-23H2,1H3,(H,41,43)(H,42,47)(H,49,50)/t33-,37-/m1/s1. The number of thiazole rings is 1. The maximum atomic E-state index is 14.1. The molecule has 0 unspecified atom stereocenters. The second-order valence-corrected chi connectivity index (χ2v) is 14.2. The van der Waals surface area contributed by atoms with E-state index in [0.717, 1.165) is 21.6 Å². The van der Waals surface area contributed by atoms with Gasteiger partial charge in [-0.25, -0.2) is 9.78 Å². The summed E-state index contributed by atoms with van der Waals surface area (Å²) >= 11 is 2.52. The van der Waals surface area contributed by atoms with Gasteiger partial charge >= 0.3 is 11.9 Å². The first-order valence-corrected chi connectivity index (χ1v) is 18.7. The van der Waals surface area contributed by atoms with Gasteiger partial charge in [-0.05, 0) is 28.8 Å². The summed E-state index contributed by atoms with van der Waals surface area (Å²) in [7, 11) is 0. The Balaban J connectivity index is 1.21. The zero-order chi connectivity index (χ0) is 37.7. The molecule has 14 heteroatoms. The summed E-state index contributed by atoms with van der Waals surface area (Å²) in [5, 5.41) is 22.1. The third-order valence-corrected chi connectivity index (χ3v) is 10.9. The molecule has 2 atom stereocenters. The number of anilines is 1. The van der Waals surface area contributed by atoms with E-state index in [0.29, 0.717) is 10.9 Å². The normalized spacial score (nSPS) is 16.9. The Labute approximate surface area is 318 Å². The maximum absolute atomic E-state index is 14.1. The Hall–Kier alpha value is -6.25. The van der Waals surface area contributed by atoms with Gasteiger partial charge in [-0.3, -0.25) is 19.3 Å². The molecule has 0 aliphatic carbocycles. The minimum Gasteiger partial charge on any atom is -0.477 e. The quantitative estimate of drug-likeness (QED) is 0.0452. The lowest BCUT2D eigenvalue weighted by Crippen LogP contribution is -2.71. The number of hydrogen-bond acceptors (Lipinski definition) is 11. The number of fused-ring (bicyclic) bond motifs is 1. The summed E-state index contributed by atoms with van der Waals surface area (Å²) in [5.74, 6) is -2.72. The van der Waals surface area contributed by atoms with Crippen LogP contribution in [0.5, 0.6) is 5.75 Å². The summed E-state index contributed by atoms with van der Waals surface area (Å²) < 4.78 is 5.03. The highest BCUT2D eigenvalue weighted by molar-refractivity contribution is 8.00. The van der Waals surface area contributed by atoms with Gasteiger partial charge in [0.2, 0.25) is 0 Å². The number of nitrogens with one attached hydrogen (secondary N) is 2. The van der Waals surface area contributed by atoms with Crippen LogP contribution in [0.3, 0.4) is 0 Å². The fourth-order valence-corrected chi connectivity index (χ4v) is 8.44. The summed E-state index contributed by atoms with van der Waals surface area (Å²) in [6, 6.07) is 37.6. The number of amides is 2. The lowest BCUT2D eigenvalue weighted by molar-refractivity contribution is -0.150. The second kappa shape index (κ2) is 15.8. The van der Waals surface area contributed by atoms with Crippen molar-refractivity contribution in [1.29, 1.82) is 0 Å². The van der Waals surface area contributed by atoms with Crippen LogP contribution in [0.1, 0.15) is 29.3 Å². The number of oxime groups is 1. The minimum atomic E-state index is -1.33. The third-order valence-electron chi connectivity index (χ3n) is 8.85. The summed E-state index contributed by atoms with van der Waals surface area (Å²) in [5.41, 5.74) is 2.02. The molecule has 54 heavy (non-hydrogen) atoms. The average Bonchev–Trinajstić information content (AvgIpc) is 3.67. The van der Waals surface area contributed by atoms with Crippen molar-refractivity contribution < 1.29 is 33.9 Å². The van der Waals surface area contributed by atoms with Crippen LogP contribution in [0, 0.1) is 0 Å². The molecule has 272 valence electrons. The fraction of sp³-hybridized carbons (Fsp3) is 0.150. The Bertz CT molecular complexity index is 2140. The van der Waals surface area contributed by atoms with Gasteiger partial charge in [-0.15, -0.1) is 23.1 Å². The Morgan fingerprint density at radius 2 is 1.44 bits per heavy atom. The molecular weight excluding hydrogens is 727 g/mol. The van der Waals surface area contributed by atoms with E-state index in [2.05, 4.69) is 15.8 Å². The summed E-state index contributed by atoms with van der Waals surface area (Å²) in [6.45, 7) is 0.958. The van der Waals surface area contributed by atoms with E-state index in [1.807, 2.05) is 97.1 Å². The highest BCUT2D eigenvalue weighted by Crippen LogP contribution is 2.42. The lowest BCUT2D eigenvalue weighted by atomic mass is 9.77. The van der Waals surface area contributed by atoms with E-state index in [-0.39, 0.29) is 35.0 Å². The molecule has 7 rings (SSSR count). The minimum absolute atomic E-state index is 0.181. The third kappa shape index (κ3) is 7.21. The predicted molar refractivity (Wildman–Crippen MR) is 205 cm³/mol. The van der Waals surface area contributed by atoms with Crippen molar-refractivity contribution in [2.24, 2.45) is 5.16 Å². The molecule has 2 aliphatic rings. The number of esters is 1. The number of carboxylic acids is 1. The van der Waals surface area contributed by atoms with Gasteiger partial charge in [0.25, 0.3) is 11.8 Å². The highest BCUT2D eigenvalue weighted by Gasteiger charge is 2.54. The summed E-state index contributed by atoms with van der Waals surface area (Å²) in [4.78, 5) is 62.7. The van der Waals surface area contributed by atoms with Crippen LogP contribution in [0.2, 0.25) is 0 Å². The number of carbonyl (C=O) groups is 4. The molecule has 12 nitrogen and oxygen atoms in total. The van der Waals surface area contributed by atoms with Crippen LogP contribution in [0.15, 0.2) is 143 Å². The first-order valence-electron chi connectivity index (χ1n) is 16.8. The van der Waals surface area contributed by atoms with Crippen molar-refractivity contribution >= 4 is 57.7 Å². The van der Waals surface area contributed by atoms with Crippen LogP contribution in [-0.4, -0.2) is 68.2 Å². The van der Waals surface area contributed by atoms with E-state index in [1.54, 1.807) is 29.6 Å². The van der Waals surface area contributed by atoms with Crippen molar-refractivity contribution in [1.82, 2.24) is 15.2 Å². The number of para-hydroxylation sites is 1. The number of carboxylic acid groups (broad SMARTS) is 1. The van der Waals surface area contributed by atoms with Gasteiger partial charge in [0, 0.05) is 23.6 Å². The fourth-order valence-electron chi connectivity index (χ4n) is 6.36. The van der Waals surface area contributed by atoms with Gasteiger partial charge < -0.3 is 25.3 Å². The zero-order valence-electron chi connectivity index (χ0n) is 28.7. The Morgan fingerprint density at radius 1 is 0.889 bits per heavy atom. The number of benzene rings is 4. The molecule has 0 spiro atoms. The predicted octanol–water partition coefficient (Wildman–Crippen LogP) is 5.63. The molecule has 3 N–H and O–H groups in total. The second-order valence-electron chi connectivity index (χ2n) is 12.3. The largest absolute Gasteiger partial charge is 0.477 e. The molecule has 2 aliphatic heterocycles. The average molecular weight is 760 g/mol. The van der Waals surface area contributed by atoms with Crippen molar-refractivity contribution in [2.75, 3.05) is 17.7 Å². The van der Waals surface area contributed by atoms with Crippen LogP contribution >= 0.6 is 23.1 Å². The molecule has 1 fully saturated rings. The molecule has 3 heterocycles. The van der Waals surface area contributed by atoms with Crippen LogP contribution in [0.4, 0.5) is 5.13 Å². The van der Waals surface area contributed by atoms with E-state index >= 15 is 0 Å². The monoisotopic (exact) mass is 759 g/mol. The lowest BCUT2D eigenvalue weighted by Gasteiger charge is -2.49. The van der Waals surface area contributed by atoms with E-state index in [9.17, 15) is 24.3 Å². The molecular formula is C40H33N5O7S2. The van der Waals surface area contributed by atoms with E-state index in [4.69, 9.17) is 14.6 Å². The van der Waals surface area contributed by atoms with Gasteiger partial charge in [0.15, 0.2) is 16.6 Å². The topological polar surface area (TPSA) is 160 Å². The number of hydrogen-bond donors (Lipinski definition) is 3. The molecule has 0 bridgehead atoms. The Morgan fingerprint density at radius 3 is 1.98 bits per heavy atom. The molecule has 1 saturated heterocycles. The molecule has 2 amide bonds. The van der Waals surface area contributed by atoms with Crippen LogP contribution in [-0.2, 0) is 29.5 Å². The molecule has 0 radical (unpaired) electrons. The maximum Gasteiger partial charge on any atom is 0.352 e. The van der Waals surface area contributed by atoms with Crippen molar-refractivity contribution in [3.05, 3.63) is 160 Å². The number of nitrogens with zero attached hydrogens (tertiary/aromatic N) is 3. The van der Waals surface area contributed by atoms with Crippen molar-refractivity contribution in [3.8, 4) is 5.75 Å². The molecule has 5 aromatic rings. The number of carbonyl (C=O) groups excluding carboxylic acids is 3. The number of β-lactam (4-membered cyclic amide) rings is 1. The van der Waals surface area contributed by atoms with Gasteiger partial charge in [0.1, 0.15) is 35.0 Å². The van der Waals surface area contributed by atoms with Gasteiger partial charge in [-0.1, -0.05) is 114 Å². The SMILES string of the molecule is CC(=O)OCC1=C(C(=O)O)N2C(=O)[C@@H](NC(=O)C(=NOc3ccccc3)c3csc(NC(c4ccccc4)(c4ccccc4)c4ccccc4)n3)[C@H]2SC1. The van der Waals surface area contributed by atoms with E-state index in [1.165, 1.54) is 30.0 Å². The summed E-state index contributed by atoms with van der Waals surface area (Å²) in [6.07, 6.45) is 0. The van der Waals surface area contributed by atoms with Crippen molar-refractivity contribution in [3.63, 3.8) is 0 Å². The Kier molecular flexibility index (Phi) is 10.6. The first kappa shape index (κ1) is 36.1. The number of aromatic nitrogens is 1. The molecule has 0 saturated carbocycles. The highest BCUT2D eigenvalue weighted by atomic mass is 32.2. The van der Waals surface area contributed by atoms with Crippen LogP contribution < -0.4 is 15.5 Å². The van der Waals surface area contributed by atoms with Crippen molar-refractivity contribution in [2.45, 2.75) is 23.9 Å². The number of rotatable bonds is 13. The number of aliphatic carboxylic acids is 1. The molecule has 1 aromatic heterocycles. The first-order chi connectivity index (χ1) is 26.3. The number of ether oxygens (including phenoxy) is 1. The smallest absolute Gasteiger partial charge is 0.352 e.